The lowest BCUT2D eigenvalue weighted by molar-refractivity contribution is 0.343. The standard InChI is InChI=1S/C21H21N3/c1-3-9-23-20(5-1)18-13-17(16-7-11-22-12-8-16)14-19(15-18)21-6-2-4-10-24-21/h1-12,17-19H,13-15H2. The van der Waals surface area contributed by atoms with Crippen molar-refractivity contribution < 1.29 is 0 Å². The molecule has 1 saturated carbocycles. The van der Waals surface area contributed by atoms with Gasteiger partial charge in [0.15, 0.2) is 0 Å². The molecule has 0 spiro atoms. The number of pyridine rings is 3. The van der Waals surface area contributed by atoms with E-state index in [9.17, 15) is 0 Å². The van der Waals surface area contributed by atoms with Crippen LogP contribution in [0.1, 0.15) is 54.0 Å². The maximum atomic E-state index is 4.63. The molecule has 1 aliphatic rings. The Balaban J connectivity index is 1.66. The number of nitrogens with zero attached hydrogens (tertiary/aromatic N) is 3. The highest BCUT2D eigenvalue weighted by Gasteiger charge is 2.32. The van der Waals surface area contributed by atoms with Gasteiger partial charge in [0.1, 0.15) is 0 Å². The lowest BCUT2D eigenvalue weighted by Gasteiger charge is -2.34. The van der Waals surface area contributed by atoms with Crippen LogP contribution >= 0.6 is 0 Å². The summed E-state index contributed by atoms with van der Waals surface area (Å²) in [4.78, 5) is 13.4. The molecule has 1 aliphatic carbocycles. The zero-order chi connectivity index (χ0) is 16.2. The quantitative estimate of drug-likeness (QED) is 0.703. The van der Waals surface area contributed by atoms with Crippen LogP contribution in [0.2, 0.25) is 0 Å². The number of hydrogen-bond acceptors (Lipinski definition) is 3. The van der Waals surface area contributed by atoms with E-state index >= 15 is 0 Å². The van der Waals surface area contributed by atoms with Gasteiger partial charge in [0.05, 0.1) is 0 Å². The Labute approximate surface area is 142 Å². The van der Waals surface area contributed by atoms with Crippen molar-refractivity contribution in [3.63, 3.8) is 0 Å². The number of aromatic nitrogens is 3. The minimum Gasteiger partial charge on any atom is -0.265 e. The first-order chi connectivity index (χ1) is 11.9. The molecule has 3 heteroatoms. The van der Waals surface area contributed by atoms with Crippen molar-refractivity contribution in [1.82, 2.24) is 15.0 Å². The van der Waals surface area contributed by atoms with Gasteiger partial charge < -0.3 is 0 Å². The van der Waals surface area contributed by atoms with Gasteiger partial charge in [-0.1, -0.05) is 12.1 Å². The van der Waals surface area contributed by atoms with Crippen molar-refractivity contribution in [3.05, 3.63) is 90.3 Å². The Bertz CT molecular complexity index is 645. The maximum Gasteiger partial charge on any atom is 0.0434 e. The van der Waals surface area contributed by atoms with Crippen molar-refractivity contribution in [2.75, 3.05) is 0 Å². The Kier molecular flexibility index (Phi) is 4.32. The Morgan fingerprint density at radius 3 is 1.62 bits per heavy atom. The van der Waals surface area contributed by atoms with Crippen LogP contribution < -0.4 is 0 Å². The summed E-state index contributed by atoms with van der Waals surface area (Å²) in [7, 11) is 0. The van der Waals surface area contributed by atoms with Crippen LogP contribution in [0.4, 0.5) is 0 Å². The molecule has 4 rings (SSSR count). The van der Waals surface area contributed by atoms with Gasteiger partial charge in [0.2, 0.25) is 0 Å². The van der Waals surface area contributed by atoms with Crippen LogP contribution in [0, 0.1) is 0 Å². The van der Waals surface area contributed by atoms with Gasteiger partial charge >= 0.3 is 0 Å². The molecule has 1 fully saturated rings. The van der Waals surface area contributed by atoms with E-state index in [-0.39, 0.29) is 0 Å². The molecule has 120 valence electrons. The van der Waals surface area contributed by atoms with Crippen molar-refractivity contribution in [2.24, 2.45) is 0 Å². The molecule has 3 aromatic heterocycles. The fraction of sp³-hybridized carbons (Fsp3) is 0.286. The first-order valence-electron chi connectivity index (χ1n) is 8.62. The second kappa shape index (κ2) is 6.91. The van der Waals surface area contributed by atoms with Gasteiger partial charge in [0.25, 0.3) is 0 Å². The summed E-state index contributed by atoms with van der Waals surface area (Å²) >= 11 is 0. The molecular formula is C21H21N3. The zero-order valence-corrected chi connectivity index (χ0v) is 13.6. The lowest BCUT2D eigenvalue weighted by atomic mass is 9.70. The molecule has 3 aromatic rings. The first-order valence-corrected chi connectivity index (χ1v) is 8.62. The average molecular weight is 315 g/mol. The molecule has 0 amide bonds. The van der Waals surface area contributed by atoms with Gasteiger partial charge in [-0.2, -0.15) is 0 Å². The van der Waals surface area contributed by atoms with Crippen LogP contribution in [-0.2, 0) is 0 Å². The van der Waals surface area contributed by atoms with Crippen molar-refractivity contribution in [3.8, 4) is 0 Å². The van der Waals surface area contributed by atoms with E-state index in [1.54, 1.807) is 0 Å². The van der Waals surface area contributed by atoms with Crippen LogP contribution in [0.5, 0.6) is 0 Å². The molecule has 2 unspecified atom stereocenters. The van der Waals surface area contributed by atoms with Crippen LogP contribution in [0.3, 0.4) is 0 Å². The van der Waals surface area contributed by atoms with E-state index in [1.165, 1.54) is 17.0 Å². The highest BCUT2D eigenvalue weighted by molar-refractivity contribution is 5.24. The molecule has 0 saturated heterocycles. The summed E-state index contributed by atoms with van der Waals surface area (Å²) in [6, 6.07) is 16.8. The van der Waals surface area contributed by atoms with E-state index < -0.39 is 0 Å². The summed E-state index contributed by atoms with van der Waals surface area (Å²) < 4.78 is 0. The fourth-order valence-corrected chi connectivity index (χ4v) is 3.94. The fourth-order valence-electron chi connectivity index (χ4n) is 3.94. The molecule has 0 radical (unpaired) electrons. The third kappa shape index (κ3) is 3.21. The van der Waals surface area contributed by atoms with E-state index in [2.05, 4.69) is 51.4 Å². The van der Waals surface area contributed by atoms with E-state index in [0.29, 0.717) is 17.8 Å². The minimum atomic E-state index is 0.477. The van der Waals surface area contributed by atoms with Gasteiger partial charge in [-0.05, 0) is 67.1 Å². The maximum absolute atomic E-state index is 4.63. The van der Waals surface area contributed by atoms with Crippen LogP contribution in [0.15, 0.2) is 73.3 Å². The Hall–Kier alpha value is -2.55. The monoisotopic (exact) mass is 315 g/mol. The summed E-state index contributed by atoms with van der Waals surface area (Å²) in [5, 5.41) is 0. The second-order valence-electron chi connectivity index (χ2n) is 6.59. The predicted molar refractivity (Wildman–Crippen MR) is 94.8 cm³/mol. The highest BCUT2D eigenvalue weighted by atomic mass is 14.7. The SMILES string of the molecule is c1ccc(C2CC(c3ccncc3)CC(c3ccccn3)C2)nc1. The smallest absolute Gasteiger partial charge is 0.0434 e. The highest BCUT2D eigenvalue weighted by Crippen LogP contribution is 2.46. The molecule has 3 nitrogen and oxygen atoms in total. The summed E-state index contributed by atoms with van der Waals surface area (Å²) in [5.74, 6) is 1.48. The molecule has 2 atom stereocenters. The Morgan fingerprint density at radius 1 is 0.583 bits per heavy atom. The number of rotatable bonds is 3. The predicted octanol–water partition coefficient (Wildman–Crippen LogP) is 4.71. The molecule has 0 bridgehead atoms. The third-order valence-corrected chi connectivity index (χ3v) is 5.10. The molecular weight excluding hydrogens is 294 g/mol. The second-order valence-corrected chi connectivity index (χ2v) is 6.59. The molecule has 24 heavy (non-hydrogen) atoms. The summed E-state index contributed by atoms with van der Waals surface area (Å²) in [5.41, 5.74) is 3.79. The topological polar surface area (TPSA) is 38.7 Å². The van der Waals surface area contributed by atoms with Gasteiger partial charge in [-0.15, -0.1) is 0 Å². The molecule has 0 N–H and O–H groups in total. The van der Waals surface area contributed by atoms with Gasteiger partial charge in [-0.3, -0.25) is 15.0 Å². The largest absolute Gasteiger partial charge is 0.265 e. The summed E-state index contributed by atoms with van der Waals surface area (Å²) in [6.07, 6.45) is 11.0. The van der Waals surface area contributed by atoms with Crippen molar-refractivity contribution >= 4 is 0 Å². The number of hydrogen-bond donors (Lipinski definition) is 0. The zero-order valence-electron chi connectivity index (χ0n) is 13.6. The minimum absolute atomic E-state index is 0.477. The van der Waals surface area contributed by atoms with E-state index in [1.807, 2.05) is 36.9 Å². The molecule has 3 heterocycles. The normalized spacial score (nSPS) is 23.8. The molecule has 0 aromatic carbocycles. The lowest BCUT2D eigenvalue weighted by Crippen LogP contribution is -2.21. The van der Waals surface area contributed by atoms with Gasteiger partial charge in [-0.25, -0.2) is 0 Å². The van der Waals surface area contributed by atoms with Crippen molar-refractivity contribution in [1.29, 1.82) is 0 Å². The summed E-state index contributed by atoms with van der Waals surface area (Å²) in [6.45, 7) is 0. The van der Waals surface area contributed by atoms with E-state index in [0.717, 1.165) is 19.3 Å². The first kappa shape index (κ1) is 15.0. The van der Waals surface area contributed by atoms with E-state index in [4.69, 9.17) is 0 Å². The third-order valence-electron chi connectivity index (χ3n) is 5.10. The average Bonchev–Trinajstić information content (AvgIpc) is 2.70. The van der Waals surface area contributed by atoms with Gasteiger partial charge in [0, 0.05) is 48.0 Å². The molecule has 0 aliphatic heterocycles. The van der Waals surface area contributed by atoms with Crippen LogP contribution in [-0.4, -0.2) is 15.0 Å². The Morgan fingerprint density at radius 2 is 1.12 bits per heavy atom. The van der Waals surface area contributed by atoms with Crippen LogP contribution in [0.25, 0.3) is 0 Å². The van der Waals surface area contributed by atoms with Crippen molar-refractivity contribution in [2.45, 2.75) is 37.0 Å².